The number of benzene rings is 2. The van der Waals surface area contributed by atoms with Gasteiger partial charge in [0.25, 0.3) is 0 Å². The Balaban J connectivity index is 2.06. The maximum Gasteiger partial charge on any atom is 0.131 e. The number of hydrogen-bond donors (Lipinski definition) is 1. The van der Waals surface area contributed by atoms with Crippen molar-refractivity contribution in [2.45, 2.75) is 18.4 Å². The molecular weight excluding hydrogens is 244 g/mol. The van der Waals surface area contributed by atoms with Gasteiger partial charge in [0, 0.05) is 11.1 Å². The first kappa shape index (κ1) is 12.3. The number of rotatable bonds is 3. The van der Waals surface area contributed by atoms with Crippen LogP contribution in [-0.4, -0.2) is 7.05 Å². The second-order valence-corrected chi connectivity index (χ2v) is 5.04. The van der Waals surface area contributed by atoms with Gasteiger partial charge in [-0.1, -0.05) is 18.2 Å². The molecule has 0 spiro atoms. The van der Waals surface area contributed by atoms with Crippen molar-refractivity contribution in [3.63, 3.8) is 0 Å². The Morgan fingerprint density at radius 1 is 1.05 bits per heavy atom. The topological polar surface area (TPSA) is 12.0 Å². The van der Waals surface area contributed by atoms with Crippen molar-refractivity contribution in [1.82, 2.24) is 5.32 Å². The van der Waals surface area contributed by atoms with Gasteiger partial charge in [-0.15, -0.1) is 0 Å². The molecule has 1 fully saturated rings. The van der Waals surface area contributed by atoms with Gasteiger partial charge < -0.3 is 5.32 Å². The molecule has 19 heavy (non-hydrogen) atoms. The zero-order chi connectivity index (χ0) is 13.5. The quantitative estimate of drug-likeness (QED) is 0.883. The van der Waals surface area contributed by atoms with Gasteiger partial charge >= 0.3 is 0 Å². The first-order valence-electron chi connectivity index (χ1n) is 6.39. The van der Waals surface area contributed by atoms with E-state index in [1.54, 1.807) is 0 Å². The first-order chi connectivity index (χ1) is 9.14. The van der Waals surface area contributed by atoms with Gasteiger partial charge in [-0.25, -0.2) is 8.78 Å². The summed E-state index contributed by atoms with van der Waals surface area (Å²) >= 11 is 0. The second kappa shape index (κ2) is 4.42. The third-order valence-corrected chi connectivity index (χ3v) is 3.88. The van der Waals surface area contributed by atoms with Crippen LogP contribution < -0.4 is 5.32 Å². The molecule has 0 aromatic heterocycles. The van der Waals surface area contributed by atoms with E-state index in [1.165, 1.54) is 12.1 Å². The van der Waals surface area contributed by atoms with Gasteiger partial charge in [-0.05, 0) is 55.3 Å². The SMILES string of the molecule is CNC1(c2cccc(-c3cc(F)ccc3F)c2)CC1. The molecule has 2 aromatic rings. The summed E-state index contributed by atoms with van der Waals surface area (Å²) in [6, 6.07) is 11.2. The summed E-state index contributed by atoms with van der Waals surface area (Å²) in [7, 11) is 1.93. The zero-order valence-electron chi connectivity index (χ0n) is 10.7. The van der Waals surface area contributed by atoms with Crippen molar-refractivity contribution in [2.24, 2.45) is 0 Å². The van der Waals surface area contributed by atoms with Crippen molar-refractivity contribution < 1.29 is 8.78 Å². The van der Waals surface area contributed by atoms with Crippen LogP contribution in [0.1, 0.15) is 18.4 Å². The minimum Gasteiger partial charge on any atom is -0.310 e. The molecule has 0 saturated heterocycles. The lowest BCUT2D eigenvalue weighted by Crippen LogP contribution is -2.24. The van der Waals surface area contributed by atoms with Gasteiger partial charge in [0.2, 0.25) is 0 Å². The highest BCUT2D eigenvalue weighted by atomic mass is 19.1. The van der Waals surface area contributed by atoms with Crippen LogP contribution >= 0.6 is 0 Å². The van der Waals surface area contributed by atoms with Crippen LogP contribution in [-0.2, 0) is 5.54 Å². The largest absolute Gasteiger partial charge is 0.310 e. The molecule has 0 aliphatic heterocycles. The second-order valence-electron chi connectivity index (χ2n) is 5.04. The van der Waals surface area contributed by atoms with E-state index in [0.717, 1.165) is 30.0 Å². The van der Waals surface area contributed by atoms with Gasteiger partial charge in [0.05, 0.1) is 0 Å². The Bertz CT molecular complexity index is 618. The maximum absolute atomic E-state index is 13.8. The molecule has 3 heteroatoms. The van der Waals surface area contributed by atoms with Crippen molar-refractivity contribution >= 4 is 0 Å². The molecule has 1 aliphatic carbocycles. The highest BCUT2D eigenvalue weighted by Crippen LogP contribution is 2.45. The molecule has 1 N–H and O–H groups in total. The summed E-state index contributed by atoms with van der Waals surface area (Å²) in [4.78, 5) is 0. The van der Waals surface area contributed by atoms with E-state index in [1.807, 2.05) is 31.3 Å². The molecule has 1 saturated carbocycles. The summed E-state index contributed by atoms with van der Waals surface area (Å²) < 4.78 is 27.1. The Kier molecular flexibility index (Phi) is 2.86. The van der Waals surface area contributed by atoms with Crippen LogP contribution in [0.15, 0.2) is 42.5 Å². The predicted molar refractivity (Wildman–Crippen MR) is 71.8 cm³/mol. The summed E-state index contributed by atoms with van der Waals surface area (Å²) in [6.45, 7) is 0. The molecule has 0 heterocycles. The molecule has 3 rings (SSSR count). The molecule has 0 radical (unpaired) electrons. The van der Waals surface area contributed by atoms with Crippen LogP contribution in [0.5, 0.6) is 0 Å². The Labute approximate surface area is 111 Å². The van der Waals surface area contributed by atoms with E-state index in [0.29, 0.717) is 5.56 Å². The molecule has 1 nitrogen and oxygen atoms in total. The molecule has 0 amide bonds. The zero-order valence-corrected chi connectivity index (χ0v) is 10.7. The summed E-state index contributed by atoms with van der Waals surface area (Å²) in [5.41, 5.74) is 2.20. The van der Waals surface area contributed by atoms with Crippen molar-refractivity contribution in [1.29, 1.82) is 0 Å². The number of nitrogens with one attached hydrogen (secondary N) is 1. The standard InChI is InChI=1S/C16H15F2N/c1-19-16(7-8-16)12-4-2-3-11(9-12)14-10-13(17)5-6-15(14)18/h2-6,9-10,19H,7-8H2,1H3. The van der Waals surface area contributed by atoms with Crippen molar-refractivity contribution in [3.05, 3.63) is 59.7 Å². The van der Waals surface area contributed by atoms with Gasteiger partial charge in [-0.3, -0.25) is 0 Å². The monoisotopic (exact) mass is 259 g/mol. The average Bonchev–Trinajstić information content (AvgIpc) is 3.23. The fourth-order valence-electron chi connectivity index (χ4n) is 2.51. The fraction of sp³-hybridized carbons (Fsp3) is 0.250. The van der Waals surface area contributed by atoms with E-state index in [2.05, 4.69) is 5.32 Å². The fourth-order valence-corrected chi connectivity index (χ4v) is 2.51. The minimum atomic E-state index is -0.420. The lowest BCUT2D eigenvalue weighted by molar-refractivity contribution is 0.585. The number of hydrogen-bond acceptors (Lipinski definition) is 1. The predicted octanol–water partition coefficient (Wildman–Crippen LogP) is 3.84. The number of halogens is 2. The molecule has 1 aliphatic rings. The molecule has 98 valence electrons. The molecule has 0 unspecified atom stereocenters. The summed E-state index contributed by atoms with van der Waals surface area (Å²) in [5, 5.41) is 3.31. The van der Waals surface area contributed by atoms with Crippen LogP contribution in [0, 0.1) is 11.6 Å². The van der Waals surface area contributed by atoms with Gasteiger partial charge in [-0.2, -0.15) is 0 Å². The average molecular weight is 259 g/mol. The highest BCUT2D eigenvalue weighted by molar-refractivity contribution is 5.65. The molecular formula is C16H15F2N. The Morgan fingerprint density at radius 2 is 1.84 bits per heavy atom. The maximum atomic E-state index is 13.8. The van der Waals surface area contributed by atoms with Crippen LogP contribution in [0.3, 0.4) is 0 Å². The van der Waals surface area contributed by atoms with E-state index in [-0.39, 0.29) is 5.54 Å². The lowest BCUT2D eigenvalue weighted by Gasteiger charge is -2.16. The van der Waals surface area contributed by atoms with Gasteiger partial charge in [0.1, 0.15) is 11.6 Å². The van der Waals surface area contributed by atoms with Crippen molar-refractivity contribution in [2.75, 3.05) is 7.05 Å². The Morgan fingerprint density at radius 3 is 2.53 bits per heavy atom. The van der Waals surface area contributed by atoms with E-state index in [4.69, 9.17) is 0 Å². The summed E-state index contributed by atoms with van der Waals surface area (Å²) in [5.74, 6) is -0.815. The third-order valence-electron chi connectivity index (χ3n) is 3.88. The summed E-state index contributed by atoms with van der Waals surface area (Å²) in [6.07, 6.45) is 2.16. The van der Waals surface area contributed by atoms with Crippen LogP contribution in [0.4, 0.5) is 8.78 Å². The van der Waals surface area contributed by atoms with E-state index < -0.39 is 11.6 Å². The molecule has 0 bridgehead atoms. The lowest BCUT2D eigenvalue weighted by atomic mass is 9.98. The van der Waals surface area contributed by atoms with Crippen molar-refractivity contribution in [3.8, 4) is 11.1 Å². The Hall–Kier alpha value is -1.74. The normalized spacial score (nSPS) is 16.4. The van der Waals surface area contributed by atoms with Crippen LogP contribution in [0.2, 0.25) is 0 Å². The highest BCUT2D eigenvalue weighted by Gasteiger charge is 2.42. The smallest absolute Gasteiger partial charge is 0.131 e. The first-order valence-corrected chi connectivity index (χ1v) is 6.39. The van der Waals surface area contributed by atoms with E-state index >= 15 is 0 Å². The van der Waals surface area contributed by atoms with Crippen LogP contribution in [0.25, 0.3) is 11.1 Å². The van der Waals surface area contributed by atoms with Gasteiger partial charge in [0.15, 0.2) is 0 Å². The molecule has 2 aromatic carbocycles. The molecule has 0 atom stereocenters. The third kappa shape index (κ3) is 2.15. The van der Waals surface area contributed by atoms with E-state index in [9.17, 15) is 8.78 Å². The minimum absolute atomic E-state index is 0.0276.